The van der Waals surface area contributed by atoms with Crippen molar-refractivity contribution >= 4 is 64.2 Å². The fraction of sp³-hybridized carbons (Fsp3) is 0.488. The monoisotopic (exact) mass is 933 g/mol. The van der Waals surface area contributed by atoms with Gasteiger partial charge in [-0.25, -0.2) is 13.4 Å². The third-order valence-corrected chi connectivity index (χ3v) is 11.1. The normalized spacial score (nSPS) is 11.6. The molecule has 0 unspecified atom stereocenters. The summed E-state index contributed by atoms with van der Waals surface area (Å²) in [7, 11) is -2.88. The first-order valence-corrected chi connectivity index (χ1v) is 21.6. The number of amides is 2. The molecule has 0 atom stereocenters. The summed E-state index contributed by atoms with van der Waals surface area (Å²) in [4.78, 5) is 103. The van der Waals surface area contributed by atoms with E-state index < -0.39 is 108 Å². The van der Waals surface area contributed by atoms with Crippen molar-refractivity contribution in [2.75, 3.05) is 11.3 Å². The van der Waals surface area contributed by atoms with Crippen molar-refractivity contribution in [3.63, 3.8) is 0 Å². The highest BCUT2D eigenvalue weighted by Gasteiger charge is 2.35. The van der Waals surface area contributed by atoms with Crippen LogP contribution in [0, 0.1) is 0 Å². The Labute approximate surface area is 374 Å². The van der Waals surface area contributed by atoms with E-state index in [0.29, 0.717) is 30.2 Å². The van der Waals surface area contributed by atoms with Gasteiger partial charge in [0.1, 0.15) is 18.9 Å². The summed E-state index contributed by atoms with van der Waals surface area (Å²) in [6.07, 6.45) is 0.902. The molecule has 24 heteroatoms. The summed E-state index contributed by atoms with van der Waals surface area (Å²) >= 11 is 0. The molecule has 0 aliphatic rings. The van der Waals surface area contributed by atoms with Crippen LogP contribution in [0.3, 0.4) is 0 Å². The summed E-state index contributed by atoms with van der Waals surface area (Å²) in [5.41, 5.74) is -1.14. The summed E-state index contributed by atoms with van der Waals surface area (Å²) in [6, 6.07) is 10.1. The molecular formula is C41H55N7O16S. The lowest BCUT2D eigenvalue weighted by Crippen LogP contribution is -2.50. The van der Waals surface area contributed by atoms with Gasteiger partial charge in [0, 0.05) is 92.7 Å². The number of carboxylic acid groups (broad SMARTS) is 6. The molecule has 23 nitrogen and oxygen atoms in total. The van der Waals surface area contributed by atoms with Crippen LogP contribution in [0.2, 0.25) is 0 Å². The van der Waals surface area contributed by atoms with Crippen LogP contribution in [0.5, 0.6) is 0 Å². The van der Waals surface area contributed by atoms with Crippen molar-refractivity contribution in [1.82, 2.24) is 29.7 Å². The van der Waals surface area contributed by atoms with Crippen molar-refractivity contribution in [3.05, 3.63) is 72.1 Å². The molecule has 2 heterocycles. The third-order valence-electron chi connectivity index (χ3n) is 10.7. The van der Waals surface area contributed by atoms with Crippen LogP contribution in [-0.4, -0.2) is 123 Å². The van der Waals surface area contributed by atoms with Crippen LogP contribution in [0.1, 0.15) is 94.1 Å². The molecule has 356 valence electrons. The van der Waals surface area contributed by atoms with Crippen LogP contribution >= 0.6 is 0 Å². The van der Waals surface area contributed by atoms with E-state index in [9.17, 15) is 77.4 Å². The van der Waals surface area contributed by atoms with Crippen molar-refractivity contribution in [3.8, 4) is 0 Å². The molecule has 3 rings (SSSR count). The fourth-order valence-electron chi connectivity index (χ4n) is 7.35. The van der Waals surface area contributed by atoms with Gasteiger partial charge in [-0.2, -0.15) is 0 Å². The van der Waals surface area contributed by atoms with Crippen LogP contribution in [0.4, 0.5) is 5.69 Å². The number of nitrogens with one attached hydrogen (secondary N) is 3. The van der Waals surface area contributed by atoms with Crippen LogP contribution in [-0.2, 0) is 81.8 Å². The summed E-state index contributed by atoms with van der Waals surface area (Å²) in [5, 5.41) is 61.9. The predicted octanol–water partition coefficient (Wildman–Crippen LogP) is 1.77. The highest BCUT2D eigenvalue weighted by Crippen LogP contribution is 2.28. The largest absolute Gasteiger partial charge is 0.481 e. The number of imidazole rings is 1. The van der Waals surface area contributed by atoms with E-state index in [2.05, 4.69) is 20.3 Å². The number of thiol groups is 1. The minimum atomic E-state index is -2.88. The van der Waals surface area contributed by atoms with Gasteiger partial charge in [0.15, 0.2) is 0 Å². The van der Waals surface area contributed by atoms with Gasteiger partial charge in [-0.1, -0.05) is 12.1 Å². The number of aromatic nitrogens is 3. The highest BCUT2D eigenvalue weighted by atomic mass is 32.2. The lowest BCUT2D eigenvalue weighted by atomic mass is 9.83. The Hall–Kier alpha value is -6.82. The van der Waals surface area contributed by atoms with E-state index in [4.69, 9.17) is 0 Å². The molecule has 0 aliphatic carbocycles. The van der Waals surface area contributed by atoms with E-state index in [-0.39, 0.29) is 64.7 Å². The predicted molar refractivity (Wildman–Crippen MR) is 228 cm³/mol. The van der Waals surface area contributed by atoms with Crippen molar-refractivity contribution in [1.29, 1.82) is 0 Å². The first-order chi connectivity index (χ1) is 30.7. The van der Waals surface area contributed by atoms with E-state index in [1.54, 1.807) is 47.2 Å². The van der Waals surface area contributed by atoms with Gasteiger partial charge in [-0.15, -0.1) is 0 Å². The fourth-order valence-corrected chi connectivity index (χ4v) is 7.71. The second kappa shape index (κ2) is 25.5. The Morgan fingerprint density at radius 2 is 1.02 bits per heavy atom. The standard InChI is InChI=1S/C41H55N7O16S/c49-32(43-40(14-7-34(51)52,15-8-35(53)54)16-9-36(55)56)26-47-21-1-2-30(47)24-46(22-13-28-3-5-29(6-4-28)45-65(63)64)25-31-42-20-23-48(31)27-33(50)44-41(17-10-37(57)58,18-11-38(59)60)19-12-39(61)62/h1-6,20-21,23,65H,7-19,22,24-27H2,(H,43,49)(H,44,50)(H,51,52)(H,53,54)(H,55,56)(H,57,58)(H,59,60)(H,61,62)(H,45,63,64). The molecule has 9 N–H and O–H groups in total. The maximum atomic E-state index is 13.7. The molecule has 1 aromatic carbocycles. The van der Waals surface area contributed by atoms with Gasteiger partial charge in [0.05, 0.1) is 6.54 Å². The van der Waals surface area contributed by atoms with Crippen molar-refractivity contribution < 1.29 is 77.4 Å². The molecular weight excluding hydrogens is 879 g/mol. The van der Waals surface area contributed by atoms with Gasteiger partial charge in [-0.3, -0.25) is 48.0 Å². The number of hydrogen-bond acceptors (Lipinski definition) is 12. The minimum Gasteiger partial charge on any atom is -0.481 e. The van der Waals surface area contributed by atoms with Crippen LogP contribution in [0.25, 0.3) is 0 Å². The van der Waals surface area contributed by atoms with E-state index >= 15 is 0 Å². The summed E-state index contributed by atoms with van der Waals surface area (Å²) < 4.78 is 27.7. The van der Waals surface area contributed by atoms with Crippen molar-refractivity contribution in [2.45, 2.75) is 121 Å². The Kier molecular flexibility index (Phi) is 20.6. The molecule has 0 aliphatic heterocycles. The third kappa shape index (κ3) is 19.6. The average Bonchev–Trinajstić information content (AvgIpc) is 3.85. The Morgan fingerprint density at radius 3 is 1.43 bits per heavy atom. The lowest BCUT2D eigenvalue weighted by molar-refractivity contribution is -0.141. The van der Waals surface area contributed by atoms with E-state index in [1.807, 2.05) is 4.90 Å². The second-order valence-corrected chi connectivity index (χ2v) is 16.4. The SMILES string of the molecule is O=C(O)CCC(CCC(=O)O)(CCC(=O)O)NC(=O)Cn1cccc1CN(CCc1ccc(N[SH](=O)=O)cc1)Cc1nccn1CC(=O)NC(CCC(=O)O)(CCC(=O)O)CCC(=O)O. The zero-order chi connectivity index (χ0) is 48.2. The van der Waals surface area contributed by atoms with Gasteiger partial charge in [-0.05, 0) is 74.8 Å². The van der Waals surface area contributed by atoms with E-state index in [1.165, 1.54) is 17.0 Å². The maximum Gasteiger partial charge on any atom is 0.303 e. The molecule has 2 amide bonds. The maximum absolute atomic E-state index is 13.7. The number of nitrogens with zero attached hydrogens (tertiary/aromatic N) is 4. The second-order valence-electron chi connectivity index (χ2n) is 15.6. The average molecular weight is 934 g/mol. The molecule has 0 bridgehead atoms. The molecule has 0 saturated carbocycles. The van der Waals surface area contributed by atoms with Gasteiger partial charge >= 0.3 is 35.8 Å². The molecule has 0 fully saturated rings. The number of rotatable bonds is 33. The first-order valence-electron chi connectivity index (χ1n) is 20.5. The van der Waals surface area contributed by atoms with Crippen LogP contribution < -0.4 is 15.4 Å². The zero-order valence-corrected chi connectivity index (χ0v) is 36.3. The Balaban J connectivity index is 1.92. The van der Waals surface area contributed by atoms with E-state index in [0.717, 1.165) is 5.56 Å². The lowest BCUT2D eigenvalue weighted by Gasteiger charge is -2.34. The minimum absolute atomic E-state index is 0.0960. The molecule has 65 heavy (non-hydrogen) atoms. The highest BCUT2D eigenvalue weighted by molar-refractivity contribution is 7.73. The topological polar surface area (TPSA) is 354 Å². The molecule has 0 radical (unpaired) electrons. The summed E-state index contributed by atoms with van der Waals surface area (Å²) in [5.74, 6) is -8.22. The number of carboxylic acids is 6. The Morgan fingerprint density at radius 1 is 0.585 bits per heavy atom. The number of hydrogen-bond donors (Lipinski definition) is 10. The molecule has 3 aromatic rings. The van der Waals surface area contributed by atoms with Gasteiger partial charge in [0.2, 0.25) is 22.7 Å². The quantitative estimate of drug-likeness (QED) is 0.0389. The van der Waals surface area contributed by atoms with Crippen LogP contribution in [0.15, 0.2) is 55.0 Å². The number of carbonyl (C=O) groups is 8. The number of carbonyl (C=O) groups excluding carboxylic acids is 2. The molecule has 0 spiro atoms. The van der Waals surface area contributed by atoms with Gasteiger partial charge in [0.25, 0.3) is 0 Å². The van der Waals surface area contributed by atoms with Crippen molar-refractivity contribution in [2.24, 2.45) is 0 Å². The number of aliphatic carboxylic acids is 6. The first kappa shape index (κ1) is 52.5. The van der Waals surface area contributed by atoms with Gasteiger partial charge < -0.3 is 50.4 Å². The Bertz CT molecular complexity index is 2000. The molecule has 2 aromatic heterocycles. The smallest absolute Gasteiger partial charge is 0.303 e. The summed E-state index contributed by atoms with van der Waals surface area (Å²) in [6.45, 7) is -0.0774. The molecule has 0 saturated heterocycles. The number of anilines is 1. The number of benzene rings is 1. The zero-order valence-electron chi connectivity index (χ0n) is 35.4.